The van der Waals surface area contributed by atoms with Gasteiger partial charge in [0.25, 0.3) is 5.22 Å². The maximum atomic E-state index is 12.4. The van der Waals surface area contributed by atoms with Crippen molar-refractivity contribution in [1.29, 1.82) is 0 Å². The largest absolute Gasteiger partial charge is 0.439 e. The van der Waals surface area contributed by atoms with Crippen molar-refractivity contribution in [2.45, 2.75) is 23.5 Å². The van der Waals surface area contributed by atoms with E-state index in [-0.39, 0.29) is 10.4 Å². The molecule has 90 valence electrons. The second-order valence-corrected chi connectivity index (χ2v) is 4.00. The molecule has 0 aliphatic rings. The van der Waals surface area contributed by atoms with Crippen LogP contribution in [-0.2, 0) is 6.18 Å². The van der Waals surface area contributed by atoms with Crippen LogP contribution >= 0.6 is 11.8 Å². The highest BCUT2D eigenvalue weighted by atomic mass is 32.2. The van der Waals surface area contributed by atoms with Crippen LogP contribution in [0.25, 0.3) is 0 Å². The SMILES string of the molecule is Cc1coc(Sc2nccc(C(F)(F)F)n2)n1. The average Bonchev–Trinajstić information content (AvgIpc) is 2.63. The number of nitrogens with zero attached hydrogens (tertiary/aromatic N) is 3. The van der Waals surface area contributed by atoms with Gasteiger partial charge in [0.05, 0.1) is 5.69 Å². The molecule has 0 fully saturated rings. The van der Waals surface area contributed by atoms with E-state index in [1.54, 1.807) is 6.92 Å². The van der Waals surface area contributed by atoms with Crippen LogP contribution in [-0.4, -0.2) is 15.0 Å². The van der Waals surface area contributed by atoms with Crippen molar-refractivity contribution >= 4 is 11.8 Å². The molecule has 0 aliphatic heterocycles. The van der Waals surface area contributed by atoms with Gasteiger partial charge in [-0.25, -0.2) is 15.0 Å². The van der Waals surface area contributed by atoms with E-state index < -0.39 is 11.9 Å². The summed E-state index contributed by atoms with van der Waals surface area (Å²) in [5.74, 6) is 0. The molecule has 2 aromatic heterocycles. The van der Waals surface area contributed by atoms with Gasteiger partial charge >= 0.3 is 6.18 Å². The number of oxazole rings is 1. The van der Waals surface area contributed by atoms with Gasteiger partial charge in [0.1, 0.15) is 12.0 Å². The summed E-state index contributed by atoms with van der Waals surface area (Å²) in [6, 6.07) is 0.810. The van der Waals surface area contributed by atoms with Crippen LogP contribution in [0.4, 0.5) is 13.2 Å². The lowest BCUT2D eigenvalue weighted by atomic mass is 10.4. The monoisotopic (exact) mass is 261 g/mol. The normalized spacial score (nSPS) is 11.8. The van der Waals surface area contributed by atoms with Gasteiger partial charge in [-0.3, -0.25) is 0 Å². The Bertz CT molecular complexity index is 526. The van der Waals surface area contributed by atoms with Crippen LogP contribution < -0.4 is 0 Å². The Labute approximate surface area is 98.3 Å². The van der Waals surface area contributed by atoms with E-state index in [2.05, 4.69) is 15.0 Å². The lowest BCUT2D eigenvalue weighted by Gasteiger charge is -2.05. The molecule has 8 heteroatoms. The van der Waals surface area contributed by atoms with Crippen molar-refractivity contribution in [2.75, 3.05) is 0 Å². The first-order valence-electron chi connectivity index (χ1n) is 4.45. The van der Waals surface area contributed by atoms with Gasteiger partial charge in [-0.15, -0.1) is 0 Å². The second kappa shape index (κ2) is 4.36. The molecule has 2 heterocycles. The van der Waals surface area contributed by atoms with E-state index in [1.807, 2.05) is 0 Å². The van der Waals surface area contributed by atoms with E-state index in [9.17, 15) is 13.2 Å². The third-order valence-corrected chi connectivity index (χ3v) is 2.44. The summed E-state index contributed by atoms with van der Waals surface area (Å²) in [5.41, 5.74) is -0.349. The predicted molar refractivity (Wildman–Crippen MR) is 52.4 cm³/mol. The molecule has 0 unspecified atom stereocenters. The summed E-state index contributed by atoms with van der Waals surface area (Å²) in [6.07, 6.45) is -2.03. The van der Waals surface area contributed by atoms with E-state index >= 15 is 0 Å². The quantitative estimate of drug-likeness (QED) is 0.778. The number of alkyl halides is 3. The standard InChI is InChI=1S/C9H6F3N3OS/c1-5-4-16-8(14-5)17-7-13-3-2-6(15-7)9(10,11)12/h2-4H,1H3. The second-order valence-electron chi connectivity index (χ2n) is 3.08. The number of hydrogen-bond donors (Lipinski definition) is 0. The zero-order valence-corrected chi connectivity index (χ0v) is 9.34. The number of aromatic nitrogens is 3. The summed E-state index contributed by atoms with van der Waals surface area (Å²) in [7, 11) is 0. The minimum atomic E-state index is -4.48. The number of hydrogen-bond acceptors (Lipinski definition) is 5. The molecule has 4 nitrogen and oxygen atoms in total. The van der Waals surface area contributed by atoms with Crippen molar-refractivity contribution < 1.29 is 17.6 Å². The fourth-order valence-corrected chi connectivity index (χ4v) is 1.70. The Hall–Kier alpha value is -1.57. The van der Waals surface area contributed by atoms with Gasteiger partial charge in [-0.1, -0.05) is 0 Å². The van der Waals surface area contributed by atoms with E-state index in [0.29, 0.717) is 5.69 Å². The van der Waals surface area contributed by atoms with Crippen molar-refractivity contribution in [3.05, 3.63) is 29.9 Å². The minimum Gasteiger partial charge on any atom is -0.439 e. The topological polar surface area (TPSA) is 51.8 Å². The molecule has 17 heavy (non-hydrogen) atoms. The first kappa shape index (κ1) is 11.9. The maximum Gasteiger partial charge on any atom is 0.433 e. The van der Waals surface area contributed by atoms with E-state index in [4.69, 9.17) is 4.42 Å². The highest BCUT2D eigenvalue weighted by Gasteiger charge is 2.32. The smallest absolute Gasteiger partial charge is 0.433 e. The Morgan fingerprint density at radius 1 is 1.29 bits per heavy atom. The maximum absolute atomic E-state index is 12.4. The number of rotatable bonds is 2. The zero-order valence-electron chi connectivity index (χ0n) is 8.52. The molecule has 0 aromatic carbocycles. The Kier molecular flexibility index (Phi) is 3.05. The summed E-state index contributed by atoms with van der Waals surface area (Å²) in [6.45, 7) is 1.71. The van der Waals surface area contributed by atoms with Gasteiger partial charge in [0, 0.05) is 18.0 Å². The molecular formula is C9H6F3N3OS. The van der Waals surface area contributed by atoms with Crippen molar-refractivity contribution in [1.82, 2.24) is 15.0 Å². The molecule has 0 bridgehead atoms. The molecule has 0 amide bonds. The van der Waals surface area contributed by atoms with Gasteiger partial charge < -0.3 is 4.42 Å². The number of aryl methyl sites for hydroxylation is 1. The molecule has 0 saturated heterocycles. The molecule has 0 radical (unpaired) electrons. The highest BCUT2D eigenvalue weighted by Crippen LogP contribution is 2.30. The molecule has 0 aliphatic carbocycles. The Balaban J connectivity index is 2.22. The fourth-order valence-electron chi connectivity index (χ4n) is 1.01. The third-order valence-electron chi connectivity index (χ3n) is 1.70. The van der Waals surface area contributed by atoms with Crippen LogP contribution in [0.1, 0.15) is 11.4 Å². The van der Waals surface area contributed by atoms with Gasteiger partial charge in [0.2, 0.25) is 0 Å². The first-order chi connectivity index (χ1) is 7.95. The van der Waals surface area contributed by atoms with Crippen molar-refractivity contribution in [3.63, 3.8) is 0 Å². The Morgan fingerprint density at radius 3 is 2.65 bits per heavy atom. The molecule has 2 aromatic rings. The molecular weight excluding hydrogens is 255 g/mol. The summed E-state index contributed by atoms with van der Waals surface area (Å²) < 4.78 is 42.1. The molecule has 0 atom stereocenters. The highest BCUT2D eigenvalue weighted by molar-refractivity contribution is 7.98. The van der Waals surface area contributed by atoms with Crippen LogP contribution in [0.15, 0.2) is 33.3 Å². The minimum absolute atomic E-state index is 0.0540. The van der Waals surface area contributed by atoms with Crippen LogP contribution in [0.3, 0.4) is 0 Å². The molecule has 0 N–H and O–H groups in total. The van der Waals surface area contributed by atoms with Gasteiger partial charge in [-0.2, -0.15) is 13.2 Å². The predicted octanol–water partition coefficient (Wildman–Crippen LogP) is 2.94. The van der Waals surface area contributed by atoms with E-state index in [0.717, 1.165) is 24.0 Å². The molecule has 2 rings (SSSR count). The first-order valence-corrected chi connectivity index (χ1v) is 5.27. The van der Waals surface area contributed by atoms with Crippen LogP contribution in [0, 0.1) is 6.92 Å². The van der Waals surface area contributed by atoms with Crippen molar-refractivity contribution in [3.8, 4) is 0 Å². The lowest BCUT2D eigenvalue weighted by molar-refractivity contribution is -0.141. The summed E-state index contributed by atoms with van der Waals surface area (Å²) in [5, 5.41) is 0.156. The Morgan fingerprint density at radius 2 is 2.06 bits per heavy atom. The van der Waals surface area contributed by atoms with Gasteiger partial charge in [-0.05, 0) is 13.0 Å². The zero-order chi connectivity index (χ0) is 12.5. The molecule has 0 spiro atoms. The number of halogens is 3. The van der Waals surface area contributed by atoms with Crippen LogP contribution in [0.5, 0.6) is 0 Å². The third kappa shape index (κ3) is 2.96. The van der Waals surface area contributed by atoms with Crippen molar-refractivity contribution in [2.24, 2.45) is 0 Å². The summed E-state index contributed by atoms with van der Waals surface area (Å²) >= 11 is 0.839. The molecule has 0 saturated carbocycles. The van der Waals surface area contributed by atoms with Gasteiger partial charge in [0.15, 0.2) is 5.16 Å². The van der Waals surface area contributed by atoms with E-state index in [1.165, 1.54) is 6.26 Å². The lowest BCUT2D eigenvalue weighted by Crippen LogP contribution is -2.08. The van der Waals surface area contributed by atoms with Crippen LogP contribution in [0.2, 0.25) is 0 Å². The summed E-state index contributed by atoms with van der Waals surface area (Å²) in [4.78, 5) is 11.0. The average molecular weight is 261 g/mol. The fraction of sp³-hybridized carbons (Fsp3) is 0.222.